The number of fused-ring (bicyclic) bond motifs is 1. The molecule has 0 radical (unpaired) electrons. The number of rotatable bonds is 4. The molecule has 2 aromatic heterocycles. The molecular formula is C14H13N3O2. The number of aromatic carboxylic acids is 1. The van der Waals surface area contributed by atoms with Crippen molar-refractivity contribution in [3.8, 4) is 0 Å². The summed E-state index contributed by atoms with van der Waals surface area (Å²) < 4.78 is 3.90. The van der Waals surface area contributed by atoms with Crippen LogP contribution >= 0.6 is 0 Å². The van der Waals surface area contributed by atoms with Crippen LogP contribution < -0.4 is 0 Å². The Balaban J connectivity index is 1.90. The SMILES string of the molecule is O=C(O)c1ccc2ccn(CCn3cccn3)c2c1. The molecule has 1 N–H and O–H groups in total. The van der Waals surface area contributed by atoms with Crippen molar-refractivity contribution in [1.82, 2.24) is 14.3 Å². The van der Waals surface area contributed by atoms with Crippen LogP contribution in [0, 0.1) is 0 Å². The van der Waals surface area contributed by atoms with E-state index >= 15 is 0 Å². The smallest absolute Gasteiger partial charge is 0.335 e. The highest BCUT2D eigenvalue weighted by atomic mass is 16.4. The highest BCUT2D eigenvalue weighted by Crippen LogP contribution is 2.18. The fraction of sp³-hybridized carbons (Fsp3) is 0.143. The normalized spacial score (nSPS) is 10.9. The van der Waals surface area contributed by atoms with Gasteiger partial charge in [0.1, 0.15) is 0 Å². The van der Waals surface area contributed by atoms with Gasteiger partial charge in [-0.25, -0.2) is 4.79 Å². The van der Waals surface area contributed by atoms with E-state index < -0.39 is 5.97 Å². The largest absolute Gasteiger partial charge is 0.478 e. The van der Waals surface area contributed by atoms with E-state index in [1.54, 1.807) is 18.3 Å². The summed E-state index contributed by atoms with van der Waals surface area (Å²) in [5.74, 6) is -0.901. The number of nitrogens with zero attached hydrogens (tertiary/aromatic N) is 3. The third-order valence-electron chi connectivity index (χ3n) is 3.15. The summed E-state index contributed by atoms with van der Waals surface area (Å²) in [7, 11) is 0. The maximum atomic E-state index is 11.0. The monoisotopic (exact) mass is 255 g/mol. The average Bonchev–Trinajstić information content (AvgIpc) is 3.05. The summed E-state index contributed by atoms with van der Waals surface area (Å²) in [6.45, 7) is 1.52. The molecule has 3 aromatic rings. The summed E-state index contributed by atoms with van der Waals surface area (Å²) in [6, 6.07) is 9.05. The van der Waals surface area contributed by atoms with Crippen molar-refractivity contribution in [2.24, 2.45) is 0 Å². The molecule has 0 amide bonds. The molecule has 5 nitrogen and oxygen atoms in total. The Morgan fingerprint density at radius 2 is 2.11 bits per heavy atom. The van der Waals surface area contributed by atoms with Gasteiger partial charge < -0.3 is 9.67 Å². The molecule has 0 fully saturated rings. The maximum Gasteiger partial charge on any atom is 0.335 e. The number of benzene rings is 1. The van der Waals surface area contributed by atoms with Crippen LogP contribution in [0.3, 0.4) is 0 Å². The van der Waals surface area contributed by atoms with Gasteiger partial charge in [-0.1, -0.05) is 6.07 Å². The summed E-state index contributed by atoms with van der Waals surface area (Å²) in [6.07, 6.45) is 5.63. The van der Waals surface area contributed by atoms with Crippen molar-refractivity contribution in [3.63, 3.8) is 0 Å². The van der Waals surface area contributed by atoms with Crippen molar-refractivity contribution in [1.29, 1.82) is 0 Å². The Kier molecular flexibility index (Phi) is 2.79. The van der Waals surface area contributed by atoms with Gasteiger partial charge in [0.05, 0.1) is 12.1 Å². The number of hydrogen-bond acceptors (Lipinski definition) is 2. The summed E-state index contributed by atoms with van der Waals surface area (Å²) in [4.78, 5) is 11.0. The molecule has 0 unspecified atom stereocenters. The Bertz CT molecular complexity index is 713. The van der Waals surface area contributed by atoms with Gasteiger partial charge in [0.25, 0.3) is 0 Å². The Morgan fingerprint density at radius 3 is 2.84 bits per heavy atom. The molecule has 0 aliphatic carbocycles. The van der Waals surface area contributed by atoms with Crippen LogP contribution in [0.1, 0.15) is 10.4 Å². The van der Waals surface area contributed by atoms with E-state index in [1.165, 1.54) is 0 Å². The van der Waals surface area contributed by atoms with E-state index in [4.69, 9.17) is 5.11 Å². The van der Waals surface area contributed by atoms with Crippen LogP contribution in [-0.2, 0) is 13.1 Å². The van der Waals surface area contributed by atoms with E-state index in [9.17, 15) is 4.79 Å². The minimum Gasteiger partial charge on any atom is -0.478 e. The Labute approximate surface area is 109 Å². The second-order valence-corrected chi connectivity index (χ2v) is 4.36. The van der Waals surface area contributed by atoms with Crippen LogP contribution in [0.15, 0.2) is 48.9 Å². The number of hydrogen-bond donors (Lipinski definition) is 1. The van der Waals surface area contributed by atoms with E-state index in [0.29, 0.717) is 5.56 Å². The number of aryl methyl sites for hydroxylation is 2. The molecule has 0 saturated heterocycles. The lowest BCUT2D eigenvalue weighted by Crippen LogP contribution is -2.07. The lowest BCUT2D eigenvalue weighted by Gasteiger charge is -2.06. The predicted octanol–water partition coefficient (Wildman–Crippen LogP) is 2.24. The quantitative estimate of drug-likeness (QED) is 0.777. The van der Waals surface area contributed by atoms with Gasteiger partial charge in [-0.2, -0.15) is 5.10 Å². The maximum absolute atomic E-state index is 11.0. The first-order chi connectivity index (χ1) is 9.24. The molecule has 96 valence electrons. The van der Waals surface area contributed by atoms with Crippen LogP contribution in [-0.4, -0.2) is 25.4 Å². The van der Waals surface area contributed by atoms with E-state index in [-0.39, 0.29) is 0 Å². The van der Waals surface area contributed by atoms with Gasteiger partial charge in [-0.15, -0.1) is 0 Å². The molecule has 3 rings (SSSR count). The highest BCUT2D eigenvalue weighted by Gasteiger charge is 2.06. The topological polar surface area (TPSA) is 60.0 Å². The molecule has 0 atom stereocenters. The van der Waals surface area contributed by atoms with Gasteiger partial charge in [-0.3, -0.25) is 4.68 Å². The van der Waals surface area contributed by atoms with E-state index in [1.807, 2.05) is 39.8 Å². The van der Waals surface area contributed by atoms with E-state index in [2.05, 4.69) is 5.10 Å². The fourth-order valence-corrected chi connectivity index (χ4v) is 2.15. The van der Waals surface area contributed by atoms with Crippen LogP contribution in [0.25, 0.3) is 10.9 Å². The van der Waals surface area contributed by atoms with Crippen LogP contribution in [0.5, 0.6) is 0 Å². The summed E-state index contributed by atoms with van der Waals surface area (Å²) >= 11 is 0. The van der Waals surface area contributed by atoms with E-state index in [0.717, 1.165) is 24.0 Å². The molecule has 19 heavy (non-hydrogen) atoms. The van der Waals surface area contributed by atoms with Crippen molar-refractivity contribution < 1.29 is 9.90 Å². The standard InChI is InChI=1S/C14H13N3O2/c18-14(19)12-3-2-11-4-7-16(13(11)10-12)8-9-17-6-1-5-15-17/h1-7,10H,8-9H2,(H,18,19). The minimum atomic E-state index is -0.901. The number of carboxylic acid groups (broad SMARTS) is 1. The molecule has 2 heterocycles. The zero-order valence-electron chi connectivity index (χ0n) is 10.2. The second kappa shape index (κ2) is 4.61. The first-order valence-electron chi connectivity index (χ1n) is 6.04. The molecule has 0 bridgehead atoms. The lowest BCUT2D eigenvalue weighted by atomic mass is 10.2. The first-order valence-corrected chi connectivity index (χ1v) is 6.04. The average molecular weight is 255 g/mol. The molecular weight excluding hydrogens is 242 g/mol. The Morgan fingerprint density at radius 1 is 1.21 bits per heavy atom. The number of carboxylic acids is 1. The molecule has 0 aliphatic heterocycles. The van der Waals surface area contributed by atoms with Crippen molar-refractivity contribution in [2.75, 3.05) is 0 Å². The third kappa shape index (κ3) is 2.22. The third-order valence-corrected chi connectivity index (χ3v) is 3.15. The zero-order chi connectivity index (χ0) is 13.2. The van der Waals surface area contributed by atoms with Gasteiger partial charge in [0, 0.05) is 30.7 Å². The molecule has 0 aliphatic rings. The molecule has 0 saturated carbocycles. The Hall–Kier alpha value is -2.56. The molecule has 0 spiro atoms. The minimum absolute atomic E-state index is 0.312. The predicted molar refractivity (Wildman–Crippen MR) is 71.1 cm³/mol. The first kappa shape index (κ1) is 11.5. The van der Waals surface area contributed by atoms with Gasteiger partial charge in [0.15, 0.2) is 0 Å². The van der Waals surface area contributed by atoms with Crippen LogP contribution in [0.4, 0.5) is 0 Å². The second-order valence-electron chi connectivity index (χ2n) is 4.36. The van der Waals surface area contributed by atoms with Crippen molar-refractivity contribution in [3.05, 3.63) is 54.5 Å². The lowest BCUT2D eigenvalue weighted by molar-refractivity contribution is 0.0697. The zero-order valence-corrected chi connectivity index (χ0v) is 10.2. The summed E-state index contributed by atoms with van der Waals surface area (Å²) in [5, 5.41) is 14.2. The molecule has 1 aromatic carbocycles. The van der Waals surface area contributed by atoms with Gasteiger partial charge in [-0.05, 0) is 29.7 Å². The van der Waals surface area contributed by atoms with Gasteiger partial charge in [0.2, 0.25) is 0 Å². The van der Waals surface area contributed by atoms with Gasteiger partial charge >= 0.3 is 5.97 Å². The summed E-state index contributed by atoms with van der Waals surface area (Å²) in [5.41, 5.74) is 1.25. The molecule has 5 heteroatoms. The van der Waals surface area contributed by atoms with Crippen molar-refractivity contribution >= 4 is 16.9 Å². The van der Waals surface area contributed by atoms with Crippen molar-refractivity contribution in [2.45, 2.75) is 13.1 Å². The number of aromatic nitrogens is 3. The highest BCUT2D eigenvalue weighted by molar-refractivity contribution is 5.93. The van der Waals surface area contributed by atoms with Crippen LogP contribution in [0.2, 0.25) is 0 Å². The fourth-order valence-electron chi connectivity index (χ4n) is 2.15. The number of carbonyl (C=O) groups is 1.